The van der Waals surface area contributed by atoms with Gasteiger partial charge in [-0.05, 0) is 17.5 Å². The second-order valence-electron chi connectivity index (χ2n) is 4.17. The second kappa shape index (κ2) is 10.6. The maximum absolute atomic E-state index is 8.70. The van der Waals surface area contributed by atoms with Crippen molar-refractivity contribution < 1.29 is 0 Å². The van der Waals surface area contributed by atoms with E-state index in [4.69, 9.17) is 5.26 Å². The first kappa shape index (κ1) is 18.9. The molecule has 21 heavy (non-hydrogen) atoms. The summed E-state index contributed by atoms with van der Waals surface area (Å²) < 4.78 is 1.76. The van der Waals surface area contributed by atoms with Gasteiger partial charge in [0.25, 0.3) is 0 Å². The molecule has 114 valence electrons. The summed E-state index contributed by atoms with van der Waals surface area (Å²) in [6.07, 6.45) is 7.92. The predicted octanol–water partition coefficient (Wildman–Crippen LogP) is 4.55. The minimum Gasteiger partial charge on any atom is -0.275 e. The van der Waals surface area contributed by atoms with Crippen molar-refractivity contribution in [3.8, 4) is 17.2 Å². The van der Waals surface area contributed by atoms with E-state index >= 15 is 0 Å². The smallest absolute Gasteiger partial charge is 0.0628 e. The number of rotatable bonds is 3. The van der Waals surface area contributed by atoms with Crippen LogP contribution in [0.4, 0.5) is 0 Å². The van der Waals surface area contributed by atoms with Gasteiger partial charge in [0.05, 0.1) is 12.3 Å². The van der Waals surface area contributed by atoms with E-state index in [0.717, 1.165) is 16.7 Å². The van der Waals surface area contributed by atoms with Gasteiger partial charge in [0.1, 0.15) is 0 Å². The Morgan fingerprint density at radius 3 is 2.33 bits per heavy atom. The number of hydrogen-bond acceptors (Lipinski definition) is 3. The molecule has 0 amide bonds. The fourth-order valence-corrected chi connectivity index (χ4v) is 1.71. The number of aromatic nitrogens is 3. The van der Waals surface area contributed by atoms with Gasteiger partial charge in [-0.2, -0.15) is 10.4 Å². The number of nitriles is 1. The van der Waals surface area contributed by atoms with Crippen LogP contribution in [0.2, 0.25) is 0 Å². The molecular weight excluding hydrogens is 260 g/mol. The van der Waals surface area contributed by atoms with E-state index < -0.39 is 0 Å². The molecule has 4 nitrogen and oxygen atoms in total. The van der Waals surface area contributed by atoms with Crippen molar-refractivity contribution in [1.82, 2.24) is 14.8 Å². The van der Waals surface area contributed by atoms with Crippen molar-refractivity contribution in [1.29, 1.82) is 5.26 Å². The zero-order valence-corrected chi connectivity index (χ0v) is 14.0. The molecule has 0 bridgehead atoms. The minimum absolute atomic E-state index is 0.212. The third-order valence-corrected chi connectivity index (χ3v) is 2.76. The predicted molar refractivity (Wildman–Crippen MR) is 87.8 cm³/mol. The number of pyridine rings is 1. The Hall–Kier alpha value is -2.15. The Labute approximate surface area is 128 Å². The van der Waals surface area contributed by atoms with Gasteiger partial charge in [0.15, 0.2) is 0 Å². The van der Waals surface area contributed by atoms with E-state index in [1.807, 2.05) is 66.5 Å². The molecule has 0 spiro atoms. The van der Waals surface area contributed by atoms with Gasteiger partial charge < -0.3 is 0 Å². The van der Waals surface area contributed by atoms with Crippen LogP contribution >= 0.6 is 0 Å². The van der Waals surface area contributed by atoms with Crippen LogP contribution in [-0.2, 0) is 7.05 Å². The summed E-state index contributed by atoms with van der Waals surface area (Å²) in [5.41, 5.74) is 3.18. The lowest BCUT2D eigenvalue weighted by molar-refractivity contribution is 0.768. The van der Waals surface area contributed by atoms with Gasteiger partial charge in [-0.15, -0.1) is 0 Å². The number of aryl methyl sites for hydroxylation is 1. The Morgan fingerprint density at radius 2 is 1.81 bits per heavy atom. The average molecular weight is 286 g/mol. The van der Waals surface area contributed by atoms with E-state index in [1.165, 1.54) is 0 Å². The highest BCUT2D eigenvalue weighted by Crippen LogP contribution is 2.23. The molecule has 0 saturated carbocycles. The Balaban J connectivity index is 0.000000921. The Morgan fingerprint density at radius 1 is 1.14 bits per heavy atom. The molecule has 0 aliphatic heterocycles. The minimum atomic E-state index is 0.212. The van der Waals surface area contributed by atoms with Crippen molar-refractivity contribution in [2.45, 2.75) is 47.0 Å². The third-order valence-electron chi connectivity index (χ3n) is 2.76. The molecule has 0 aliphatic rings. The average Bonchev–Trinajstić information content (AvgIpc) is 2.98. The highest BCUT2D eigenvalue weighted by molar-refractivity contribution is 5.61. The van der Waals surface area contributed by atoms with Crippen molar-refractivity contribution in [2.24, 2.45) is 7.05 Å². The van der Waals surface area contributed by atoms with Crippen LogP contribution in [0.15, 0.2) is 30.9 Å². The van der Waals surface area contributed by atoms with Gasteiger partial charge in [-0.25, -0.2) is 0 Å². The van der Waals surface area contributed by atoms with Crippen LogP contribution in [0.5, 0.6) is 0 Å². The van der Waals surface area contributed by atoms with Crippen LogP contribution in [0.3, 0.4) is 0 Å². The third kappa shape index (κ3) is 5.78. The van der Waals surface area contributed by atoms with Gasteiger partial charge in [-0.1, -0.05) is 34.6 Å². The zero-order valence-electron chi connectivity index (χ0n) is 14.0. The quantitative estimate of drug-likeness (QED) is 0.831. The van der Waals surface area contributed by atoms with Gasteiger partial charge in [0.2, 0.25) is 0 Å². The standard InChI is InChI=1S/C13H14N4.2C2H6/c1-10(3-4-14)11-5-12(7-15-6-11)13-8-16-17(2)9-13;2*1-2/h5-10H,3H2,1-2H3;2*1-2H3. The molecule has 1 unspecified atom stereocenters. The lowest BCUT2D eigenvalue weighted by atomic mass is 9.98. The topological polar surface area (TPSA) is 54.5 Å². The molecule has 0 radical (unpaired) electrons. The SMILES string of the molecule is CC.CC.CC(CC#N)c1cncc(-c2cnn(C)c2)c1. The van der Waals surface area contributed by atoms with Crippen LogP contribution < -0.4 is 0 Å². The van der Waals surface area contributed by atoms with Crippen LogP contribution in [-0.4, -0.2) is 14.8 Å². The molecule has 2 rings (SSSR count). The first-order chi connectivity index (χ1) is 10.2. The Kier molecular flexibility index (Phi) is 9.53. The first-order valence-electron chi connectivity index (χ1n) is 7.51. The lowest BCUT2D eigenvalue weighted by Gasteiger charge is -2.08. The van der Waals surface area contributed by atoms with Gasteiger partial charge in [-0.3, -0.25) is 9.67 Å². The molecule has 0 aliphatic carbocycles. The summed E-state index contributed by atoms with van der Waals surface area (Å²) in [5.74, 6) is 0.212. The summed E-state index contributed by atoms with van der Waals surface area (Å²) >= 11 is 0. The molecule has 0 saturated heterocycles. The highest BCUT2D eigenvalue weighted by atomic mass is 15.2. The maximum Gasteiger partial charge on any atom is 0.0628 e. The van der Waals surface area contributed by atoms with E-state index in [9.17, 15) is 0 Å². The monoisotopic (exact) mass is 286 g/mol. The van der Waals surface area contributed by atoms with E-state index in [1.54, 1.807) is 4.68 Å². The normalized spacial score (nSPS) is 10.3. The molecule has 2 heterocycles. The number of nitrogens with zero attached hydrogens (tertiary/aromatic N) is 4. The first-order valence-corrected chi connectivity index (χ1v) is 7.51. The molecule has 4 heteroatoms. The van der Waals surface area contributed by atoms with Gasteiger partial charge in [0, 0.05) is 43.2 Å². The fraction of sp³-hybridized carbons (Fsp3) is 0.471. The van der Waals surface area contributed by atoms with Crippen molar-refractivity contribution in [2.75, 3.05) is 0 Å². The molecule has 0 aromatic carbocycles. The van der Waals surface area contributed by atoms with E-state index in [0.29, 0.717) is 6.42 Å². The molecule has 0 N–H and O–H groups in total. The molecule has 0 fully saturated rings. The lowest BCUT2D eigenvalue weighted by Crippen LogP contribution is -1.93. The molecular formula is C17H26N4. The zero-order chi connectivity index (χ0) is 16.3. The summed E-state index contributed by atoms with van der Waals surface area (Å²) in [7, 11) is 1.89. The fourth-order valence-electron chi connectivity index (χ4n) is 1.71. The van der Waals surface area contributed by atoms with Crippen LogP contribution in [0.1, 0.15) is 52.5 Å². The van der Waals surface area contributed by atoms with Crippen LogP contribution in [0, 0.1) is 11.3 Å². The maximum atomic E-state index is 8.70. The molecule has 2 aromatic heterocycles. The number of hydrogen-bond donors (Lipinski definition) is 0. The van der Waals surface area contributed by atoms with Crippen LogP contribution in [0.25, 0.3) is 11.1 Å². The highest BCUT2D eigenvalue weighted by Gasteiger charge is 2.08. The van der Waals surface area contributed by atoms with Gasteiger partial charge >= 0.3 is 0 Å². The van der Waals surface area contributed by atoms with E-state index in [2.05, 4.69) is 22.2 Å². The summed E-state index contributed by atoms with van der Waals surface area (Å²) in [6, 6.07) is 4.26. The summed E-state index contributed by atoms with van der Waals surface area (Å²) in [4.78, 5) is 4.23. The van der Waals surface area contributed by atoms with Crippen molar-refractivity contribution >= 4 is 0 Å². The Bertz CT molecular complexity index is 552. The summed E-state index contributed by atoms with van der Waals surface area (Å²) in [6.45, 7) is 10.0. The second-order valence-corrected chi connectivity index (χ2v) is 4.17. The molecule has 2 aromatic rings. The largest absolute Gasteiger partial charge is 0.275 e. The summed E-state index contributed by atoms with van der Waals surface area (Å²) in [5, 5.41) is 12.8. The van der Waals surface area contributed by atoms with Crippen molar-refractivity contribution in [3.63, 3.8) is 0 Å². The van der Waals surface area contributed by atoms with E-state index in [-0.39, 0.29) is 5.92 Å². The molecule has 1 atom stereocenters. The van der Waals surface area contributed by atoms with Crippen molar-refractivity contribution in [3.05, 3.63) is 36.4 Å².